The summed E-state index contributed by atoms with van der Waals surface area (Å²) in [5.74, 6) is 0.979. The molecule has 3 atom stereocenters. The molecule has 0 spiro atoms. The Hall–Kier alpha value is -0.570. The van der Waals surface area contributed by atoms with Crippen LogP contribution >= 0.6 is 0 Å². The van der Waals surface area contributed by atoms with Gasteiger partial charge in [-0.3, -0.25) is 10.1 Å². The lowest BCUT2D eigenvalue weighted by atomic mass is 9.84. The van der Waals surface area contributed by atoms with E-state index >= 15 is 0 Å². The van der Waals surface area contributed by atoms with Gasteiger partial charge in [0, 0.05) is 6.04 Å². The number of rotatable bonds is 2. The maximum absolute atomic E-state index is 12.4. The van der Waals surface area contributed by atoms with Crippen LogP contribution < -0.4 is 5.32 Å². The van der Waals surface area contributed by atoms with Crippen LogP contribution in [0.25, 0.3) is 0 Å². The third kappa shape index (κ3) is 1.86. The summed E-state index contributed by atoms with van der Waals surface area (Å²) >= 11 is 0. The monoisotopic (exact) mass is 224 g/mol. The van der Waals surface area contributed by atoms with Gasteiger partial charge in [0.1, 0.15) is 0 Å². The lowest BCUT2D eigenvalue weighted by molar-refractivity contribution is -0.135. The molecule has 0 aromatic carbocycles. The molecule has 0 aromatic heterocycles. The first-order chi connectivity index (χ1) is 7.58. The Morgan fingerprint density at radius 1 is 1.44 bits per heavy atom. The lowest BCUT2D eigenvalue weighted by Crippen LogP contribution is -2.47. The molecule has 1 amide bonds. The van der Waals surface area contributed by atoms with Gasteiger partial charge in [-0.05, 0) is 32.1 Å². The Morgan fingerprint density at radius 2 is 2.12 bits per heavy atom. The normalized spacial score (nSPS) is 40.4. The Morgan fingerprint density at radius 3 is 2.69 bits per heavy atom. The van der Waals surface area contributed by atoms with Crippen molar-refractivity contribution in [1.29, 1.82) is 0 Å². The molecule has 16 heavy (non-hydrogen) atoms. The van der Waals surface area contributed by atoms with Crippen molar-refractivity contribution >= 4 is 5.91 Å². The van der Waals surface area contributed by atoms with E-state index in [0.29, 0.717) is 17.9 Å². The lowest BCUT2D eigenvalue weighted by Gasteiger charge is -2.36. The van der Waals surface area contributed by atoms with E-state index in [1.807, 2.05) is 6.92 Å². The van der Waals surface area contributed by atoms with Crippen LogP contribution in [-0.4, -0.2) is 29.1 Å². The Labute approximate surface area is 98.6 Å². The number of nitrogens with zero attached hydrogens (tertiary/aromatic N) is 1. The van der Waals surface area contributed by atoms with Gasteiger partial charge in [-0.1, -0.05) is 26.7 Å². The van der Waals surface area contributed by atoms with Gasteiger partial charge in [-0.2, -0.15) is 0 Å². The molecule has 1 saturated carbocycles. The fraction of sp³-hybridized carbons (Fsp3) is 0.923. The minimum Gasteiger partial charge on any atom is -0.325 e. The molecular formula is C13H24N2O. The van der Waals surface area contributed by atoms with E-state index in [4.69, 9.17) is 0 Å². The zero-order valence-corrected chi connectivity index (χ0v) is 10.8. The van der Waals surface area contributed by atoms with Gasteiger partial charge in [-0.15, -0.1) is 0 Å². The molecule has 3 nitrogen and oxygen atoms in total. The van der Waals surface area contributed by atoms with Crippen molar-refractivity contribution in [2.75, 3.05) is 6.67 Å². The van der Waals surface area contributed by atoms with Gasteiger partial charge in [0.25, 0.3) is 0 Å². The first-order valence-electron chi connectivity index (χ1n) is 6.64. The van der Waals surface area contributed by atoms with Crippen LogP contribution in [0.15, 0.2) is 0 Å². The smallest absolute Gasteiger partial charge is 0.243 e. The SMILES string of the molecule is CCC1(C)NCN(C2CCCCC2C)C1=O. The van der Waals surface area contributed by atoms with E-state index in [1.54, 1.807) is 0 Å². The van der Waals surface area contributed by atoms with Gasteiger partial charge in [0.05, 0.1) is 12.2 Å². The second-order valence-corrected chi connectivity index (χ2v) is 5.62. The van der Waals surface area contributed by atoms with Gasteiger partial charge >= 0.3 is 0 Å². The Bertz CT molecular complexity index is 279. The molecule has 92 valence electrons. The predicted octanol–water partition coefficient (Wildman–Crippen LogP) is 2.12. The number of carbonyl (C=O) groups is 1. The van der Waals surface area contributed by atoms with Crippen molar-refractivity contribution in [1.82, 2.24) is 10.2 Å². The topological polar surface area (TPSA) is 32.3 Å². The summed E-state index contributed by atoms with van der Waals surface area (Å²) in [5.41, 5.74) is -0.308. The molecule has 1 aliphatic heterocycles. The van der Waals surface area contributed by atoms with E-state index in [9.17, 15) is 4.79 Å². The average molecular weight is 224 g/mol. The summed E-state index contributed by atoms with van der Waals surface area (Å²) in [6.45, 7) is 7.15. The van der Waals surface area contributed by atoms with Crippen LogP contribution in [0.5, 0.6) is 0 Å². The Balaban J connectivity index is 2.08. The first kappa shape index (κ1) is 11.9. The predicted molar refractivity (Wildman–Crippen MR) is 65.0 cm³/mol. The second kappa shape index (κ2) is 4.36. The number of amides is 1. The summed E-state index contributed by atoms with van der Waals surface area (Å²) in [6, 6.07) is 0.474. The van der Waals surface area contributed by atoms with Gasteiger partial charge in [-0.25, -0.2) is 0 Å². The fourth-order valence-electron chi connectivity index (χ4n) is 3.03. The highest BCUT2D eigenvalue weighted by atomic mass is 16.2. The summed E-state index contributed by atoms with van der Waals surface area (Å²) < 4.78 is 0. The zero-order chi connectivity index (χ0) is 11.8. The van der Waals surface area contributed by atoms with Crippen molar-refractivity contribution in [2.45, 2.75) is 64.5 Å². The van der Waals surface area contributed by atoms with E-state index in [-0.39, 0.29) is 5.54 Å². The highest BCUT2D eigenvalue weighted by molar-refractivity contribution is 5.88. The zero-order valence-electron chi connectivity index (χ0n) is 10.8. The number of hydrogen-bond acceptors (Lipinski definition) is 2. The summed E-state index contributed by atoms with van der Waals surface area (Å²) in [7, 11) is 0. The molecule has 3 unspecified atom stereocenters. The standard InChI is InChI=1S/C13H24N2O/c1-4-13(3)12(16)15(9-14-13)11-8-6-5-7-10(11)2/h10-11,14H,4-9H2,1-3H3. The number of hydrogen-bond donors (Lipinski definition) is 1. The van der Waals surface area contributed by atoms with Gasteiger partial charge in [0.15, 0.2) is 0 Å². The van der Waals surface area contributed by atoms with Gasteiger partial charge < -0.3 is 4.90 Å². The molecule has 1 heterocycles. The minimum absolute atomic E-state index is 0.308. The van der Waals surface area contributed by atoms with Crippen LogP contribution in [-0.2, 0) is 4.79 Å². The molecule has 1 saturated heterocycles. The molecule has 0 bridgehead atoms. The van der Waals surface area contributed by atoms with Crippen molar-refractivity contribution < 1.29 is 4.79 Å². The third-order valence-corrected chi connectivity index (χ3v) is 4.55. The van der Waals surface area contributed by atoms with E-state index in [2.05, 4.69) is 24.1 Å². The summed E-state index contributed by atoms with van der Waals surface area (Å²) in [4.78, 5) is 14.5. The molecule has 3 heteroatoms. The van der Waals surface area contributed by atoms with E-state index < -0.39 is 0 Å². The van der Waals surface area contributed by atoms with Crippen molar-refractivity contribution in [3.8, 4) is 0 Å². The van der Waals surface area contributed by atoms with Crippen molar-refractivity contribution in [2.24, 2.45) is 5.92 Å². The molecule has 2 aliphatic rings. The van der Waals surface area contributed by atoms with Crippen LogP contribution in [0.1, 0.15) is 52.9 Å². The highest BCUT2D eigenvalue weighted by Crippen LogP contribution is 2.31. The van der Waals surface area contributed by atoms with Crippen LogP contribution in [0.3, 0.4) is 0 Å². The van der Waals surface area contributed by atoms with Crippen LogP contribution in [0.4, 0.5) is 0 Å². The molecule has 2 fully saturated rings. The summed E-state index contributed by atoms with van der Waals surface area (Å²) in [6.07, 6.45) is 5.95. The second-order valence-electron chi connectivity index (χ2n) is 5.62. The number of nitrogens with one attached hydrogen (secondary N) is 1. The van der Waals surface area contributed by atoms with E-state index in [1.165, 1.54) is 25.7 Å². The summed E-state index contributed by atoms with van der Waals surface area (Å²) in [5, 5.41) is 3.38. The fourth-order valence-corrected chi connectivity index (χ4v) is 3.03. The quantitative estimate of drug-likeness (QED) is 0.779. The molecule has 1 aliphatic carbocycles. The highest BCUT2D eigenvalue weighted by Gasteiger charge is 2.44. The molecular weight excluding hydrogens is 200 g/mol. The first-order valence-corrected chi connectivity index (χ1v) is 6.64. The third-order valence-electron chi connectivity index (χ3n) is 4.55. The van der Waals surface area contributed by atoms with Crippen LogP contribution in [0, 0.1) is 5.92 Å². The maximum Gasteiger partial charge on any atom is 0.243 e. The average Bonchev–Trinajstić information content (AvgIpc) is 2.58. The molecule has 0 radical (unpaired) electrons. The molecule has 2 rings (SSSR count). The van der Waals surface area contributed by atoms with Crippen molar-refractivity contribution in [3.05, 3.63) is 0 Å². The minimum atomic E-state index is -0.308. The Kier molecular flexibility index (Phi) is 3.24. The van der Waals surface area contributed by atoms with Gasteiger partial charge in [0.2, 0.25) is 5.91 Å². The van der Waals surface area contributed by atoms with E-state index in [0.717, 1.165) is 13.1 Å². The largest absolute Gasteiger partial charge is 0.325 e. The van der Waals surface area contributed by atoms with Crippen molar-refractivity contribution in [3.63, 3.8) is 0 Å². The molecule has 0 aromatic rings. The number of carbonyl (C=O) groups excluding carboxylic acids is 1. The maximum atomic E-state index is 12.4. The molecule has 1 N–H and O–H groups in total. The van der Waals surface area contributed by atoms with Crippen LogP contribution in [0.2, 0.25) is 0 Å².